The Kier molecular flexibility index (Phi) is 4.89. The summed E-state index contributed by atoms with van der Waals surface area (Å²) in [5.41, 5.74) is 4.18. The van der Waals surface area contributed by atoms with Gasteiger partial charge >= 0.3 is 0 Å². The highest BCUT2D eigenvalue weighted by Crippen LogP contribution is 2.18. The molecule has 0 radical (unpaired) electrons. The van der Waals surface area contributed by atoms with Crippen molar-refractivity contribution in [3.63, 3.8) is 0 Å². The lowest BCUT2D eigenvalue weighted by molar-refractivity contribution is -0.130. The summed E-state index contributed by atoms with van der Waals surface area (Å²) >= 11 is 0. The Morgan fingerprint density at radius 1 is 1.04 bits per heavy atom. The first-order valence-corrected chi connectivity index (χ1v) is 8.46. The second-order valence-corrected chi connectivity index (χ2v) is 6.65. The minimum atomic E-state index is -0.320. The minimum Gasteiger partial charge on any atom is -0.334 e. The number of aryl methyl sites for hydroxylation is 2. The quantitative estimate of drug-likeness (QED) is 0.776. The van der Waals surface area contributed by atoms with Crippen LogP contribution in [0.1, 0.15) is 29.2 Å². The zero-order chi connectivity index (χ0) is 18.8. The molecule has 3 aromatic rings. The fourth-order valence-corrected chi connectivity index (χ4v) is 2.93. The molecule has 1 N–H and O–H groups in total. The van der Waals surface area contributed by atoms with E-state index in [-0.39, 0.29) is 23.8 Å². The van der Waals surface area contributed by atoms with E-state index in [9.17, 15) is 14.0 Å². The van der Waals surface area contributed by atoms with Crippen LogP contribution in [-0.4, -0.2) is 15.8 Å². The number of aromatic nitrogens is 1. The van der Waals surface area contributed by atoms with Gasteiger partial charge in [-0.15, -0.1) is 0 Å². The summed E-state index contributed by atoms with van der Waals surface area (Å²) in [6.45, 7) is 6.01. The van der Waals surface area contributed by atoms with Gasteiger partial charge in [-0.1, -0.05) is 12.1 Å². The summed E-state index contributed by atoms with van der Waals surface area (Å²) in [6, 6.07) is 11.8. The topological polar surface area (TPSA) is 53.2 Å². The molecule has 0 aliphatic carbocycles. The number of carbonyl (C=O) groups is 1. The Labute approximate surface area is 151 Å². The number of hydrogen-bond acceptors (Lipinski definition) is 2. The summed E-state index contributed by atoms with van der Waals surface area (Å²) in [5.74, 6) is -0.464. The molecule has 5 heteroatoms. The molecular weight excluding hydrogens is 331 g/mol. The van der Waals surface area contributed by atoms with Crippen molar-refractivity contribution in [1.82, 2.24) is 9.88 Å². The van der Waals surface area contributed by atoms with Gasteiger partial charge in [0.1, 0.15) is 5.82 Å². The number of aromatic amines is 1. The summed E-state index contributed by atoms with van der Waals surface area (Å²) in [7, 11) is 0. The number of nitrogens with zero attached hydrogens (tertiary/aromatic N) is 1. The van der Waals surface area contributed by atoms with Crippen molar-refractivity contribution in [3.8, 4) is 0 Å². The van der Waals surface area contributed by atoms with Crippen molar-refractivity contribution in [2.45, 2.75) is 33.9 Å². The number of hydrogen-bond donors (Lipinski definition) is 1. The van der Waals surface area contributed by atoms with Crippen LogP contribution in [0.5, 0.6) is 0 Å². The molecule has 0 unspecified atom stereocenters. The number of H-pyrrole nitrogens is 1. The normalized spacial score (nSPS) is 10.9. The Bertz CT molecular complexity index is 1020. The van der Waals surface area contributed by atoms with Gasteiger partial charge < -0.3 is 9.88 Å². The van der Waals surface area contributed by atoms with E-state index in [1.165, 1.54) is 19.1 Å². The smallest absolute Gasteiger partial charge is 0.253 e. The first-order valence-electron chi connectivity index (χ1n) is 8.46. The molecule has 2 aromatic carbocycles. The molecule has 0 aliphatic rings. The predicted octanol–water partition coefficient (Wildman–Crippen LogP) is 3.83. The number of carbonyl (C=O) groups excluding carboxylic acids is 1. The number of nitrogens with one attached hydrogen (secondary N) is 1. The van der Waals surface area contributed by atoms with Crippen molar-refractivity contribution in [1.29, 1.82) is 0 Å². The zero-order valence-electron chi connectivity index (χ0n) is 15.1. The molecule has 4 nitrogen and oxygen atoms in total. The lowest BCUT2D eigenvalue weighted by atomic mass is 10.0. The van der Waals surface area contributed by atoms with Crippen LogP contribution in [-0.2, 0) is 17.9 Å². The maximum absolute atomic E-state index is 13.1. The minimum absolute atomic E-state index is 0.145. The lowest BCUT2D eigenvalue weighted by Gasteiger charge is -2.21. The van der Waals surface area contributed by atoms with E-state index in [1.54, 1.807) is 17.0 Å². The van der Waals surface area contributed by atoms with Crippen molar-refractivity contribution in [3.05, 3.63) is 80.9 Å². The standard InChI is InChI=1S/C21H21FN2O2/c1-13-8-17-10-18(21(26)23-20(17)9-14(13)2)12-24(15(3)25)11-16-4-6-19(22)7-5-16/h4-10H,11-12H2,1-3H3,(H,23,26). The zero-order valence-corrected chi connectivity index (χ0v) is 15.1. The van der Waals surface area contributed by atoms with Crippen LogP contribution in [0.2, 0.25) is 0 Å². The largest absolute Gasteiger partial charge is 0.334 e. The van der Waals surface area contributed by atoms with E-state index in [0.717, 1.165) is 27.6 Å². The SMILES string of the molecule is CC(=O)N(Cc1ccc(F)cc1)Cc1cc2cc(C)c(C)cc2[nH]c1=O. The summed E-state index contributed by atoms with van der Waals surface area (Å²) in [5, 5.41) is 0.938. The van der Waals surface area contributed by atoms with Crippen molar-refractivity contribution in [2.75, 3.05) is 0 Å². The Morgan fingerprint density at radius 3 is 2.35 bits per heavy atom. The third-order valence-corrected chi connectivity index (χ3v) is 4.63. The highest BCUT2D eigenvalue weighted by atomic mass is 19.1. The van der Waals surface area contributed by atoms with E-state index < -0.39 is 0 Å². The number of halogens is 1. The fraction of sp³-hybridized carbons (Fsp3) is 0.238. The Hall–Kier alpha value is -2.95. The van der Waals surface area contributed by atoms with Gasteiger partial charge in [-0.25, -0.2) is 4.39 Å². The highest BCUT2D eigenvalue weighted by molar-refractivity contribution is 5.81. The number of fused-ring (bicyclic) bond motifs is 1. The molecule has 26 heavy (non-hydrogen) atoms. The van der Waals surface area contributed by atoms with E-state index in [0.29, 0.717) is 12.1 Å². The van der Waals surface area contributed by atoms with Crippen LogP contribution in [0.15, 0.2) is 47.3 Å². The second kappa shape index (κ2) is 7.12. The summed E-state index contributed by atoms with van der Waals surface area (Å²) in [4.78, 5) is 28.9. The van der Waals surface area contributed by atoms with Crippen molar-refractivity contribution < 1.29 is 9.18 Å². The molecule has 0 atom stereocenters. The van der Waals surface area contributed by atoms with Gasteiger partial charge in [-0.05, 0) is 66.3 Å². The summed E-state index contributed by atoms with van der Waals surface area (Å²) < 4.78 is 13.1. The van der Waals surface area contributed by atoms with E-state index >= 15 is 0 Å². The van der Waals surface area contributed by atoms with Gasteiger partial charge in [0.05, 0.1) is 6.54 Å². The van der Waals surface area contributed by atoms with Crippen LogP contribution in [0, 0.1) is 19.7 Å². The highest BCUT2D eigenvalue weighted by Gasteiger charge is 2.14. The van der Waals surface area contributed by atoms with E-state index in [4.69, 9.17) is 0 Å². The average Bonchev–Trinajstić information content (AvgIpc) is 2.58. The average molecular weight is 352 g/mol. The van der Waals surface area contributed by atoms with Gasteiger partial charge in [0.2, 0.25) is 5.91 Å². The second-order valence-electron chi connectivity index (χ2n) is 6.65. The van der Waals surface area contributed by atoms with Crippen LogP contribution in [0.3, 0.4) is 0 Å². The van der Waals surface area contributed by atoms with Crippen LogP contribution < -0.4 is 5.56 Å². The Balaban J connectivity index is 1.92. The van der Waals surface area contributed by atoms with Gasteiger partial charge in [-0.3, -0.25) is 9.59 Å². The molecule has 0 fully saturated rings. The van der Waals surface area contributed by atoms with Crippen molar-refractivity contribution in [2.24, 2.45) is 0 Å². The molecule has 0 aliphatic heterocycles. The molecular formula is C21H21FN2O2. The number of pyridine rings is 1. The van der Waals surface area contributed by atoms with Gasteiger partial charge in [0.15, 0.2) is 0 Å². The number of amides is 1. The maximum atomic E-state index is 13.1. The molecule has 1 heterocycles. The first kappa shape index (κ1) is 17.9. The molecule has 0 spiro atoms. The molecule has 1 aromatic heterocycles. The van der Waals surface area contributed by atoms with Gasteiger partial charge in [0, 0.05) is 24.5 Å². The fourth-order valence-electron chi connectivity index (χ4n) is 2.93. The monoisotopic (exact) mass is 352 g/mol. The molecule has 0 bridgehead atoms. The Morgan fingerprint density at radius 2 is 1.69 bits per heavy atom. The van der Waals surface area contributed by atoms with Crippen molar-refractivity contribution >= 4 is 16.8 Å². The molecule has 3 rings (SSSR count). The predicted molar refractivity (Wildman–Crippen MR) is 100 cm³/mol. The maximum Gasteiger partial charge on any atom is 0.253 e. The summed E-state index contributed by atoms with van der Waals surface area (Å²) in [6.07, 6.45) is 0. The molecule has 134 valence electrons. The third-order valence-electron chi connectivity index (χ3n) is 4.63. The molecule has 0 saturated carbocycles. The first-order chi connectivity index (χ1) is 12.3. The molecule has 1 amide bonds. The number of rotatable bonds is 4. The van der Waals surface area contributed by atoms with E-state index in [1.807, 2.05) is 32.0 Å². The van der Waals surface area contributed by atoms with Gasteiger partial charge in [-0.2, -0.15) is 0 Å². The molecule has 0 saturated heterocycles. The third kappa shape index (κ3) is 3.82. The van der Waals surface area contributed by atoms with Gasteiger partial charge in [0.25, 0.3) is 5.56 Å². The lowest BCUT2D eigenvalue weighted by Crippen LogP contribution is -2.30. The number of benzene rings is 2. The van der Waals surface area contributed by atoms with Crippen LogP contribution in [0.25, 0.3) is 10.9 Å². The van der Waals surface area contributed by atoms with E-state index in [2.05, 4.69) is 4.98 Å². The van der Waals surface area contributed by atoms with Crippen LogP contribution >= 0.6 is 0 Å². The van der Waals surface area contributed by atoms with Crippen LogP contribution in [0.4, 0.5) is 4.39 Å².